The van der Waals surface area contributed by atoms with Gasteiger partial charge in [-0.2, -0.15) is 0 Å². The Morgan fingerprint density at radius 3 is 2.45 bits per heavy atom. The maximum Gasteiger partial charge on any atom is 0.179 e. The minimum atomic E-state index is -0.421. The van der Waals surface area contributed by atoms with Gasteiger partial charge in [0.15, 0.2) is 6.29 Å². The van der Waals surface area contributed by atoms with E-state index in [0.717, 1.165) is 6.42 Å². The van der Waals surface area contributed by atoms with Crippen LogP contribution in [0.5, 0.6) is 0 Å². The first-order chi connectivity index (χ1) is 5.35. The normalized spacial score (nSPS) is 13.4. The lowest BCUT2D eigenvalue weighted by Gasteiger charge is -2.11. The van der Waals surface area contributed by atoms with Crippen LogP contribution in [0.15, 0.2) is 0 Å². The van der Waals surface area contributed by atoms with Gasteiger partial charge in [0.25, 0.3) is 0 Å². The Hall–Kier alpha value is 0.460. The Bertz CT molecular complexity index is 74.2. The van der Waals surface area contributed by atoms with E-state index >= 15 is 0 Å². The van der Waals surface area contributed by atoms with Crippen molar-refractivity contribution in [1.29, 1.82) is 0 Å². The zero-order chi connectivity index (χ0) is 8.53. The maximum absolute atomic E-state index is 5.15. The second-order valence-corrected chi connectivity index (χ2v) is 2.39. The van der Waals surface area contributed by atoms with Gasteiger partial charge < -0.3 is 4.74 Å². The smallest absolute Gasteiger partial charge is 0.179 e. The molecule has 0 aromatic rings. The van der Waals surface area contributed by atoms with E-state index < -0.39 is 6.29 Å². The van der Waals surface area contributed by atoms with E-state index in [1.165, 1.54) is 0 Å². The Kier molecular flexibility index (Phi) is 8.91. The molecule has 0 saturated heterocycles. The van der Waals surface area contributed by atoms with Gasteiger partial charge in [0.1, 0.15) is 0 Å². The first kappa shape index (κ1) is 11.5. The zero-order valence-electron chi connectivity index (χ0n) is 6.39. The highest BCUT2D eigenvalue weighted by Crippen LogP contribution is 2.04. The summed E-state index contributed by atoms with van der Waals surface area (Å²) in [6.45, 7) is 2.99. The molecule has 68 valence electrons. The molecule has 0 amide bonds. The lowest BCUT2D eigenvalue weighted by molar-refractivity contribution is -0.0848. The van der Waals surface area contributed by atoms with Crippen molar-refractivity contribution >= 4 is 23.7 Å². The average Bonchev–Trinajstić information content (AvgIpc) is 2.05. The van der Waals surface area contributed by atoms with E-state index in [0.29, 0.717) is 19.6 Å². The van der Waals surface area contributed by atoms with Gasteiger partial charge in [-0.1, -0.05) is 6.92 Å². The molecule has 1 unspecified atom stereocenters. The van der Waals surface area contributed by atoms with Gasteiger partial charge in [0.05, 0.1) is 30.3 Å². The minimum absolute atomic E-state index is 0.364. The molecular weight excluding hydrogens is 191 g/mol. The van der Waals surface area contributed by atoms with Crippen LogP contribution in [-0.4, -0.2) is 19.5 Å². The highest BCUT2D eigenvalue weighted by molar-refractivity contribution is 6.07. The fourth-order valence-electron chi connectivity index (χ4n) is 0.544. The van der Waals surface area contributed by atoms with Gasteiger partial charge in [-0.25, -0.2) is 4.29 Å². The SMILES string of the molecule is CCCOC(CCOCl)OCl. The van der Waals surface area contributed by atoms with Gasteiger partial charge in [-0.05, 0) is 6.42 Å². The molecule has 0 rings (SSSR count). The predicted molar refractivity (Wildman–Crippen MR) is 43.4 cm³/mol. The van der Waals surface area contributed by atoms with Gasteiger partial charge in [-0.3, -0.25) is 4.29 Å². The molecule has 3 nitrogen and oxygen atoms in total. The fraction of sp³-hybridized carbons (Fsp3) is 1.00. The lowest BCUT2D eigenvalue weighted by atomic mass is 10.4. The topological polar surface area (TPSA) is 27.7 Å². The molecule has 0 aliphatic heterocycles. The van der Waals surface area contributed by atoms with Crippen LogP contribution in [0.1, 0.15) is 19.8 Å². The fourth-order valence-corrected chi connectivity index (χ4v) is 0.773. The van der Waals surface area contributed by atoms with E-state index in [1.54, 1.807) is 0 Å². The molecule has 5 heteroatoms. The summed E-state index contributed by atoms with van der Waals surface area (Å²) >= 11 is 10.1. The van der Waals surface area contributed by atoms with Gasteiger partial charge in [0.2, 0.25) is 0 Å². The molecule has 0 spiro atoms. The van der Waals surface area contributed by atoms with Gasteiger partial charge >= 0.3 is 0 Å². The molecule has 0 saturated carbocycles. The molecule has 0 bridgehead atoms. The summed E-state index contributed by atoms with van der Waals surface area (Å²) < 4.78 is 13.9. The molecule has 0 N–H and O–H groups in total. The van der Waals surface area contributed by atoms with Crippen molar-refractivity contribution in [2.45, 2.75) is 26.1 Å². The summed E-state index contributed by atoms with van der Waals surface area (Å²) in [5, 5.41) is 0. The molecule has 0 aliphatic carbocycles. The summed E-state index contributed by atoms with van der Waals surface area (Å²) in [6, 6.07) is 0. The largest absolute Gasteiger partial charge is 0.351 e. The molecule has 1 atom stereocenters. The number of rotatable bonds is 7. The lowest BCUT2D eigenvalue weighted by Crippen LogP contribution is -2.15. The van der Waals surface area contributed by atoms with Gasteiger partial charge in [-0.15, -0.1) is 0 Å². The quantitative estimate of drug-likeness (QED) is 0.595. The maximum atomic E-state index is 5.15. The third kappa shape index (κ3) is 6.84. The number of halogens is 2. The van der Waals surface area contributed by atoms with Crippen LogP contribution in [0.25, 0.3) is 0 Å². The van der Waals surface area contributed by atoms with E-state index in [1.807, 2.05) is 6.92 Å². The summed E-state index contributed by atoms with van der Waals surface area (Å²) in [5.74, 6) is 0. The van der Waals surface area contributed by atoms with Crippen molar-refractivity contribution in [2.24, 2.45) is 0 Å². The van der Waals surface area contributed by atoms with E-state index in [2.05, 4.69) is 8.58 Å². The zero-order valence-corrected chi connectivity index (χ0v) is 7.90. The van der Waals surface area contributed by atoms with E-state index in [4.69, 9.17) is 28.5 Å². The number of hydrogen-bond donors (Lipinski definition) is 0. The Morgan fingerprint density at radius 2 is 2.00 bits per heavy atom. The highest BCUT2D eigenvalue weighted by Gasteiger charge is 2.07. The van der Waals surface area contributed by atoms with Crippen molar-refractivity contribution in [3.05, 3.63) is 0 Å². The summed E-state index contributed by atoms with van der Waals surface area (Å²) in [6.07, 6.45) is 1.04. The number of hydrogen-bond acceptors (Lipinski definition) is 3. The second-order valence-electron chi connectivity index (χ2n) is 1.99. The molecule has 0 fully saturated rings. The van der Waals surface area contributed by atoms with Crippen molar-refractivity contribution in [1.82, 2.24) is 0 Å². The highest BCUT2D eigenvalue weighted by atomic mass is 35.5. The Balaban J connectivity index is 3.25. The Labute approximate surface area is 76.9 Å². The van der Waals surface area contributed by atoms with Crippen LogP contribution in [0.2, 0.25) is 0 Å². The van der Waals surface area contributed by atoms with Crippen LogP contribution in [0.4, 0.5) is 0 Å². The van der Waals surface area contributed by atoms with Gasteiger partial charge in [0, 0.05) is 13.0 Å². The summed E-state index contributed by atoms with van der Waals surface area (Å²) in [4.78, 5) is 0. The summed E-state index contributed by atoms with van der Waals surface area (Å²) in [5.41, 5.74) is 0. The van der Waals surface area contributed by atoms with Crippen molar-refractivity contribution in [3.8, 4) is 0 Å². The molecule has 0 radical (unpaired) electrons. The van der Waals surface area contributed by atoms with Crippen LogP contribution in [0, 0.1) is 0 Å². The minimum Gasteiger partial charge on any atom is -0.351 e. The Morgan fingerprint density at radius 1 is 1.27 bits per heavy atom. The predicted octanol–water partition coefficient (Wildman–Crippen LogP) is 2.47. The van der Waals surface area contributed by atoms with Crippen LogP contribution >= 0.6 is 23.7 Å². The molecule has 0 aliphatic rings. The molecule has 11 heavy (non-hydrogen) atoms. The van der Waals surface area contributed by atoms with Crippen LogP contribution in [0.3, 0.4) is 0 Å². The van der Waals surface area contributed by atoms with Crippen molar-refractivity contribution in [3.63, 3.8) is 0 Å². The number of ether oxygens (including phenoxy) is 1. The van der Waals surface area contributed by atoms with Crippen molar-refractivity contribution < 1.29 is 13.3 Å². The molecule has 0 aromatic carbocycles. The average molecular weight is 203 g/mol. The monoisotopic (exact) mass is 202 g/mol. The third-order valence-electron chi connectivity index (χ3n) is 1.04. The summed E-state index contributed by atoms with van der Waals surface area (Å²) in [7, 11) is 0. The van der Waals surface area contributed by atoms with Crippen molar-refractivity contribution in [2.75, 3.05) is 13.2 Å². The van der Waals surface area contributed by atoms with E-state index in [-0.39, 0.29) is 0 Å². The van der Waals surface area contributed by atoms with Crippen LogP contribution in [-0.2, 0) is 13.3 Å². The second kappa shape index (κ2) is 8.56. The third-order valence-corrected chi connectivity index (χ3v) is 1.39. The van der Waals surface area contributed by atoms with Crippen LogP contribution < -0.4 is 0 Å². The molecule has 0 heterocycles. The standard InChI is InChI=1S/C6H12Cl2O3/c1-2-4-9-6(11-8)3-5-10-7/h6H,2-5H2,1H3. The first-order valence-corrected chi connectivity index (χ1v) is 4.09. The molecule has 0 aromatic heterocycles. The first-order valence-electron chi connectivity index (χ1n) is 3.47. The molecular formula is C6H12Cl2O3. The van der Waals surface area contributed by atoms with E-state index in [9.17, 15) is 0 Å².